The van der Waals surface area contributed by atoms with Crippen molar-refractivity contribution in [1.29, 1.82) is 0 Å². The van der Waals surface area contributed by atoms with Gasteiger partial charge >= 0.3 is 0 Å². The molecule has 6 nitrogen and oxygen atoms in total. The summed E-state index contributed by atoms with van der Waals surface area (Å²) in [5.74, 6) is 0. The average Bonchev–Trinajstić information content (AvgIpc) is 3.23. The lowest BCUT2D eigenvalue weighted by molar-refractivity contribution is -0.565. The highest BCUT2D eigenvalue weighted by Gasteiger charge is 2.65. The van der Waals surface area contributed by atoms with E-state index in [0.29, 0.717) is 17.8 Å². The number of fused-ring (bicyclic) bond motifs is 1. The molecule has 1 unspecified atom stereocenters. The van der Waals surface area contributed by atoms with E-state index in [1.807, 2.05) is 48.5 Å². The maximum atomic E-state index is 14.3. The third-order valence-corrected chi connectivity index (χ3v) is 7.07. The van der Waals surface area contributed by atoms with Gasteiger partial charge in [0.1, 0.15) is 0 Å². The van der Waals surface area contributed by atoms with Gasteiger partial charge < -0.3 is 5.21 Å². The van der Waals surface area contributed by atoms with Crippen LogP contribution < -0.4 is 0 Å². The molecule has 0 saturated heterocycles. The topological polar surface area (TPSA) is 72.4 Å². The molecule has 0 N–H and O–H groups in total. The van der Waals surface area contributed by atoms with Crippen LogP contribution in [0.1, 0.15) is 37.5 Å². The Bertz CT molecular complexity index is 1300. The SMILES string of the molecule is CC1=C(c2ccccc2)C(C)(C)N2CC(c3ccc([N+](=O)[O-])cc3)=[N+]([O-])C12c1ccccc1. The van der Waals surface area contributed by atoms with Crippen LogP contribution in [0.2, 0.25) is 0 Å². The largest absolute Gasteiger partial charge is 0.622 e. The van der Waals surface area contributed by atoms with Gasteiger partial charge in [0.15, 0.2) is 0 Å². The summed E-state index contributed by atoms with van der Waals surface area (Å²) in [5, 5.41) is 25.4. The summed E-state index contributed by atoms with van der Waals surface area (Å²) in [4.78, 5) is 12.9. The van der Waals surface area contributed by atoms with E-state index in [4.69, 9.17) is 0 Å². The zero-order chi connectivity index (χ0) is 23.4. The van der Waals surface area contributed by atoms with Crippen molar-refractivity contribution in [2.75, 3.05) is 6.54 Å². The van der Waals surface area contributed by atoms with Crippen molar-refractivity contribution < 1.29 is 9.66 Å². The highest BCUT2D eigenvalue weighted by Crippen LogP contribution is 2.56. The van der Waals surface area contributed by atoms with Gasteiger partial charge in [0.2, 0.25) is 5.71 Å². The molecule has 33 heavy (non-hydrogen) atoms. The predicted octanol–water partition coefficient (Wildman–Crippen LogP) is 5.33. The zero-order valence-corrected chi connectivity index (χ0v) is 18.9. The number of hydrogen-bond donors (Lipinski definition) is 0. The van der Waals surface area contributed by atoms with Gasteiger partial charge in [-0.1, -0.05) is 60.7 Å². The molecule has 1 atom stereocenters. The van der Waals surface area contributed by atoms with Crippen molar-refractivity contribution in [2.24, 2.45) is 0 Å². The molecule has 3 aromatic rings. The van der Waals surface area contributed by atoms with Gasteiger partial charge in [-0.3, -0.25) is 10.1 Å². The molecule has 166 valence electrons. The molecular formula is C27H25N3O3. The molecule has 2 heterocycles. The number of nitrogens with zero attached hydrogens (tertiary/aromatic N) is 3. The predicted molar refractivity (Wildman–Crippen MR) is 129 cm³/mol. The quantitative estimate of drug-likeness (QED) is 0.238. The maximum absolute atomic E-state index is 14.3. The first-order chi connectivity index (χ1) is 15.8. The van der Waals surface area contributed by atoms with Crippen LogP contribution in [-0.2, 0) is 5.66 Å². The lowest BCUT2D eigenvalue weighted by Gasteiger charge is -2.38. The van der Waals surface area contributed by atoms with Gasteiger partial charge in [-0.05, 0) is 44.0 Å². The van der Waals surface area contributed by atoms with Crippen LogP contribution in [0.25, 0.3) is 5.57 Å². The summed E-state index contributed by atoms with van der Waals surface area (Å²) in [6.07, 6.45) is 0. The van der Waals surface area contributed by atoms with Crippen LogP contribution in [0, 0.1) is 15.3 Å². The van der Waals surface area contributed by atoms with Crippen LogP contribution in [-0.4, -0.2) is 32.4 Å². The molecule has 0 aliphatic carbocycles. The molecule has 6 heteroatoms. The summed E-state index contributed by atoms with van der Waals surface area (Å²) >= 11 is 0. The second kappa shape index (κ2) is 7.39. The first-order valence-corrected chi connectivity index (χ1v) is 11.0. The fraction of sp³-hybridized carbons (Fsp3) is 0.222. The van der Waals surface area contributed by atoms with Crippen LogP contribution in [0.4, 0.5) is 5.69 Å². The van der Waals surface area contributed by atoms with E-state index in [2.05, 4.69) is 37.8 Å². The van der Waals surface area contributed by atoms with Crippen molar-refractivity contribution >= 4 is 17.0 Å². The van der Waals surface area contributed by atoms with Gasteiger partial charge in [-0.15, -0.1) is 0 Å². The normalized spacial score (nSPS) is 22.0. The van der Waals surface area contributed by atoms with Gasteiger partial charge in [0.25, 0.3) is 11.4 Å². The molecule has 2 aliphatic heterocycles. The number of rotatable bonds is 4. The first kappa shape index (κ1) is 21.1. The minimum atomic E-state index is -0.993. The molecule has 0 fully saturated rings. The highest BCUT2D eigenvalue weighted by molar-refractivity contribution is 6.01. The standard InChI is InChI=1S/C27H25N3O3/c1-19-25(21-10-6-4-7-11-21)26(2,3)28-18-24(20-14-16-23(17-15-20)30(32)33)29(31)27(19,28)22-12-8-5-9-13-22/h4-17H,18H2,1-3H3. The summed E-state index contributed by atoms with van der Waals surface area (Å²) < 4.78 is 1.12. The summed E-state index contributed by atoms with van der Waals surface area (Å²) in [6.45, 7) is 6.81. The van der Waals surface area contributed by atoms with E-state index < -0.39 is 16.1 Å². The van der Waals surface area contributed by atoms with Crippen LogP contribution in [0.5, 0.6) is 0 Å². The molecule has 0 amide bonds. The van der Waals surface area contributed by atoms with Crippen molar-refractivity contribution in [2.45, 2.75) is 32.0 Å². The Morgan fingerprint density at radius 2 is 1.45 bits per heavy atom. The van der Waals surface area contributed by atoms with Gasteiger partial charge in [-0.25, -0.2) is 4.90 Å². The number of non-ortho nitro benzene ring substituents is 1. The van der Waals surface area contributed by atoms with Crippen LogP contribution in [0.3, 0.4) is 0 Å². The lowest BCUT2D eigenvalue weighted by atomic mass is 9.85. The van der Waals surface area contributed by atoms with E-state index in [1.54, 1.807) is 12.1 Å². The number of hydrogen-bond acceptors (Lipinski definition) is 4. The Morgan fingerprint density at radius 3 is 2.03 bits per heavy atom. The molecule has 0 aromatic heterocycles. The Balaban J connectivity index is 1.78. The number of hydroxylamine groups is 1. The summed E-state index contributed by atoms with van der Waals surface area (Å²) in [6, 6.07) is 26.4. The smallest absolute Gasteiger partial charge is 0.279 e. The number of nitro groups is 1. The second-order valence-electron chi connectivity index (χ2n) is 9.09. The highest BCUT2D eigenvalue weighted by atomic mass is 16.6. The molecule has 0 bridgehead atoms. The van der Waals surface area contributed by atoms with Gasteiger partial charge in [0, 0.05) is 34.4 Å². The van der Waals surface area contributed by atoms with E-state index >= 15 is 0 Å². The monoisotopic (exact) mass is 439 g/mol. The first-order valence-electron chi connectivity index (χ1n) is 11.0. The molecule has 0 saturated carbocycles. The molecule has 5 rings (SSSR count). The summed E-state index contributed by atoms with van der Waals surface area (Å²) in [7, 11) is 0. The van der Waals surface area contributed by atoms with E-state index in [1.165, 1.54) is 12.1 Å². The van der Waals surface area contributed by atoms with E-state index in [-0.39, 0.29) is 5.69 Å². The van der Waals surface area contributed by atoms with Crippen LogP contribution in [0.15, 0.2) is 90.5 Å². The fourth-order valence-electron chi connectivity index (χ4n) is 5.68. The Hall–Kier alpha value is -3.77. The van der Waals surface area contributed by atoms with Crippen molar-refractivity contribution in [3.8, 4) is 0 Å². The minimum absolute atomic E-state index is 0.0100. The Labute approximate surface area is 192 Å². The number of nitro benzene ring substituents is 1. The number of benzene rings is 3. The van der Waals surface area contributed by atoms with Gasteiger partial charge in [0.05, 0.1) is 11.5 Å². The zero-order valence-electron chi connectivity index (χ0n) is 18.9. The fourth-order valence-corrected chi connectivity index (χ4v) is 5.68. The molecule has 0 radical (unpaired) electrons. The summed E-state index contributed by atoms with van der Waals surface area (Å²) in [5.41, 5.74) is 4.06. The van der Waals surface area contributed by atoms with Crippen molar-refractivity contribution in [3.63, 3.8) is 0 Å². The third-order valence-electron chi connectivity index (χ3n) is 7.07. The molecule has 0 spiro atoms. The average molecular weight is 440 g/mol. The molecule has 2 aliphatic rings. The Morgan fingerprint density at radius 1 is 0.879 bits per heavy atom. The van der Waals surface area contributed by atoms with Crippen LogP contribution >= 0.6 is 0 Å². The third kappa shape index (κ3) is 2.87. The van der Waals surface area contributed by atoms with E-state index in [0.717, 1.165) is 27.0 Å². The van der Waals surface area contributed by atoms with Crippen molar-refractivity contribution in [1.82, 2.24) is 4.90 Å². The minimum Gasteiger partial charge on any atom is -0.622 e. The maximum Gasteiger partial charge on any atom is 0.279 e. The molecule has 3 aromatic carbocycles. The Kier molecular flexibility index (Phi) is 4.72. The lowest BCUT2D eigenvalue weighted by Crippen LogP contribution is -2.52. The van der Waals surface area contributed by atoms with E-state index in [9.17, 15) is 15.3 Å². The second-order valence-corrected chi connectivity index (χ2v) is 9.09. The van der Waals surface area contributed by atoms with Gasteiger partial charge in [-0.2, -0.15) is 4.74 Å². The van der Waals surface area contributed by atoms with Crippen molar-refractivity contribution in [3.05, 3.63) is 123 Å². The molecular weight excluding hydrogens is 414 g/mol.